The van der Waals surface area contributed by atoms with E-state index in [-0.39, 0.29) is 17.2 Å². The van der Waals surface area contributed by atoms with Gasteiger partial charge in [0.2, 0.25) is 0 Å². The fraction of sp³-hybridized carbons (Fsp3) is 0.385. The molecule has 6 heteroatoms. The van der Waals surface area contributed by atoms with E-state index in [1.807, 2.05) is 6.92 Å². The molecule has 0 saturated heterocycles. The minimum Gasteiger partial charge on any atom is -0.480 e. The van der Waals surface area contributed by atoms with Gasteiger partial charge in [-0.05, 0) is 18.1 Å². The van der Waals surface area contributed by atoms with Crippen molar-refractivity contribution < 1.29 is 19.1 Å². The van der Waals surface area contributed by atoms with Gasteiger partial charge in [0.15, 0.2) is 0 Å². The third-order valence-corrected chi connectivity index (χ3v) is 3.06. The second-order valence-corrected chi connectivity index (χ2v) is 4.38. The average Bonchev–Trinajstić information content (AvgIpc) is 2.37. The maximum atomic E-state index is 13.2. The van der Waals surface area contributed by atoms with Crippen LogP contribution in [0.4, 0.5) is 10.1 Å². The number of carboxylic acids is 1. The van der Waals surface area contributed by atoms with Crippen LogP contribution in [0.15, 0.2) is 18.2 Å². The highest BCUT2D eigenvalue weighted by Crippen LogP contribution is 2.16. The zero-order chi connectivity index (χ0) is 14.6. The zero-order valence-electron chi connectivity index (χ0n) is 10.8. The number of anilines is 1. The smallest absolute Gasteiger partial charge is 0.326 e. The molecule has 104 valence electrons. The van der Waals surface area contributed by atoms with Gasteiger partial charge in [-0.1, -0.05) is 26.3 Å². The molecule has 0 heterocycles. The van der Waals surface area contributed by atoms with Crippen molar-refractivity contribution in [2.45, 2.75) is 26.3 Å². The Hall–Kier alpha value is -2.11. The Bertz CT molecular complexity index is 491. The predicted molar refractivity (Wildman–Crippen MR) is 69.2 cm³/mol. The van der Waals surface area contributed by atoms with Crippen molar-refractivity contribution in [3.05, 3.63) is 29.6 Å². The lowest BCUT2D eigenvalue weighted by Gasteiger charge is -2.20. The molecule has 4 N–H and O–H groups in total. The molecule has 0 aliphatic rings. The van der Waals surface area contributed by atoms with Crippen LogP contribution in [0, 0.1) is 11.7 Å². The molecule has 1 aromatic rings. The summed E-state index contributed by atoms with van der Waals surface area (Å²) in [4.78, 5) is 23.0. The van der Waals surface area contributed by atoms with Gasteiger partial charge in [-0.2, -0.15) is 0 Å². The van der Waals surface area contributed by atoms with Crippen molar-refractivity contribution in [1.29, 1.82) is 0 Å². The number of carboxylic acid groups (broad SMARTS) is 1. The summed E-state index contributed by atoms with van der Waals surface area (Å²) in [5, 5.41) is 11.4. The summed E-state index contributed by atoms with van der Waals surface area (Å²) < 4.78 is 13.2. The van der Waals surface area contributed by atoms with Gasteiger partial charge in [-0.25, -0.2) is 9.18 Å². The van der Waals surface area contributed by atoms with Crippen molar-refractivity contribution in [3.63, 3.8) is 0 Å². The molecule has 5 nitrogen and oxygen atoms in total. The quantitative estimate of drug-likeness (QED) is 0.708. The minimum absolute atomic E-state index is 0.0606. The maximum absolute atomic E-state index is 13.2. The van der Waals surface area contributed by atoms with Gasteiger partial charge >= 0.3 is 5.97 Å². The Labute approximate surface area is 110 Å². The van der Waals surface area contributed by atoms with Crippen LogP contribution in [0.3, 0.4) is 0 Å². The Morgan fingerprint density at radius 2 is 2.11 bits per heavy atom. The number of nitrogens with two attached hydrogens (primary N) is 1. The fourth-order valence-corrected chi connectivity index (χ4v) is 1.64. The van der Waals surface area contributed by atoms with E-state index < -0.39 is 23.7 Å². The average molecular weight is 268 g/mol. The van der Waals surface area contributed by atoms with Gasteiger partial charge in [-0.3, -0.25) is 4.79 Å². The zero-order valence-corrected chi connectivity index (χ0v) is 10.8. The summed E-state index contributed by atoms with van der Waals surface area (Å²) in [6.45, 7) is 3.54. The SMILES string of the molecule is CCC(C)C(NC(=O)c1cccc(F)c1N)C(=O)O. The molecule has 0 aliphatic heterocycles. The predicted octanol–water partition coefficient (Wildman–Crippen LogP) is 1.64. The molecule has 1 rings (SSSR count). The summed E-state index contributed by atoms with van der Waals surface area (Å²) in [7, 11) is 0. The Balaban J connectivity index is 2.94. The number of carbonyl (C=O) groups excluding carboxylic acids is 1. The fourth-order valence-electron chi connectivity index (χ4n) is 1.64. The molecule has 0 bridgehead atoms. The van der Waals surface area contributed by atoms with E-state index in [4.69, 9.17) is 10.8 Å². The van der Waals surface area contributed by atoms with Gasteiger partial charge < -0.3 is 16.2 Å². The van der Waals surface area contributed by atoms with Crippen molar-refractivity contribution >= 4 is 17.6 Å². The van der Waals surface area contributed by atoms with Gasteiger partial charge in [-0.15, -0.1) is 0 Å². The first kappa shape index (κ1) is 14.9. The maximum Gasteiger partial charge on any atom is 0.326 e. The third kappa shape index (κ3) is 3.43. The number of hydrogen-bond donors (Lipinski definition) is 3. The molecule has 0 aromatic heterocycles. The van der Waals surface area contributed by atoms with Crippen LogP contribution in [0.5, 0.6) is 0 Å². The van der Waals surface area contributed by atoms with Crippen LogP contribution in [0.1, 0.15) is 30.6 Å². The number of halogens is 1. The number of rotatable bonds is 5. The Morgan fingerprint density at radius 3 is 2.63 bits per heavy atom. The van der Waals surface area contributed by atoms with E-state index in [1.165, 1.54) is 12.1 Å². The first-order valence-corrected chi connectivity index (χ1v) is 5.96. The molecule has 1 aromatic carbocycles. The highest BCUT2D eigenvalue weighted by atomic mass is 19.1. The standard InChI is InChI=1S/C13H17FN2O3/c1-3-7(2)11(13(18)19)16-12(17)8-5-4-6-9(14)10(8)15/h4-7,11H,3,15H2,1-2H3,(H,16,17)(H,18,19). The molecular weight excluding hydrogens is 251 g/mol. The van der Waals surface area contributed by atoms with Crippen LogP contribution < -0.4 is 11.1 Å². The lowest BCUT2D eigenvalue weighted by Crippen LogP contribution is -2.45. The van der Waals surface area contributed by atoms with Crippen LogP contribution in [-0.4, -0.2) is 23.0 Å². The van der Waals surface area contributed by atoms with Gasteiger partial charge in [0, 0.05) is 0 Å². The van der Waals surface area contributed by atoms with Crippen molar-refractivity contribution in [2.75, 3.05) is 5.73 Å². The van der Waals surface area contributed by atoms with Crippen LogP contribution in [0.25, 0.3) is 0 Å². The molecule has 0 saturated carbocycles. The highest BCUT2D eigenvalue weighted by Gasteiger charge is 2.26. The lowest BCUT2D eigenvalue weighted by atomic mass is 9.99. The lowest BCUT2D eigenvalue weighted by molar-refractivity contribution is -0.140. The van der Waals surface area contributed by atoms with Crippen molar-refractivity contribution in [2.24, 2.45) is 5.92 Å². The molecule has 2 atom stereocenters. The largest absolute Gasteiger partial charge is 0.480 e. The number of nitrogen functional groups attached to an aromatic ring is 1. The molecule has 19 heavy (non-hydrogen) atoms. The second kappa shape index (κ2) is 6.17. The molecule has 0 fully saturated rings. The molecule has 0 aliphatic carbocycles. The number of benzene rings is 1. The summed E-state index contributed by atoms with van der Waals surface area (Å²) in [5.41, 5.74) is 5.12. The number of para-hydroxylation sites is 1. The molecule has 2 unspecified atom stereocenters. The molecule has 0 spiro atoms. The Kier molecular flexibility index (Phi) is 4.86. The second-order valence-electron chi connectivity index (χ2n) is 4.38. The Morgan fingerprint density at radius 1 is 1.47 bits per heavy atom. The molecule has 0 radical (unpaired) electrons. The topological polar surface area (TPSA) is 92.4 Å². The number of hydrogen-bond acceptors (Lipinski definition) is 3. The summed E-state index contributed by atoms with van der Waals surface area (Å²) in [6.07, 6.45) is 0.593. The van der Waals surface area contributed by atoms with E-state index >= 15 is 0 Å². The third-order valence-electron chi connectivity index (χ3n) is 3.06. The number of amides is 1. The van der Waals surface area contributed by atoms with Crippen LogP contribution in [-0.2, 0) is 4.79 Å². The van der Waals surface area contributed by atoms with Crippen LogP contribution in [0.2, 0.25) is 0 Å². The number of aliphatic carboxylic acids is 1. The van der Waals surface area contributed by atoms with Gasteiger partial charge in [0.1, 0.15) is 11.9 Å². The van der Waals surface area contributed by atoms with E-state index in [0.29, 0.717) is 6.42 Å². The van der Waals surface area contributed by atoms with E-state index in [1.54, 1.807) is 6.92 Å². The van der Waals surface area contributed by atoms with Crippen LogP contribution >= 0.6 is 0 Å². The molecule has 1 amide bonds. The first-order chi connectivity index (χ1) is 8.88. The van der Waals surface area contributed by atoms with Crippen molar-refractivity contribution in [3.8, 4) is 0 Å². The van der Waals surface area contributed by atoms with Gasteiger partial charge in [0.05, 0.1) is 11.3 Å². The van der Waals surface area contributed by atoms with E-state index in [9.17, 15) is 14.0 Å². The summed E-state index contributed by atoms with van der Waals surface area (Å²) >= 11 is 0. The number of carbonyl (C=O) groups is 2. The highest BCUT2D eigenvalue weighted by molar-refractivity contribution is 6.00. The normalized spacial score (nSPS) is 13.6. The van der Waals surface area contributed by atoms with E-state index in [2.05, 4.69) is 5.32 Å². The number of nitrogens with one attached hydrogen (secondary N) is 1. The van der Waals surface area contributed by atoms with Gasteiger partial charge in [0.25, 0.3) is 5.91 Å². The molecular formula is C13H17FN2O3. The summed E-state index contributed by atoms with van der Waals surface area (Å²) in [6, 6.07) is 2.80. The van der Waals surface area contributed by atoms with E-state index in [0.717, 1.165) is 6.07 Å². The van der Waals surface area contributed by atoms with Crippen molar-refractivity contribution in [1.82, 2.24) is 5.32 Å². The first-order valence-electron chi connectivity index (χ1n) is 5.96. The minimum atomic E-state index is -1.13. The monoisotopic (exact) mass is 268 g/mol. The summed E-state index contributed by atoms with van der Waals surface area (Å²) in [5.74, 6) is -2.76.